The Morgan fingerprint density at radius 1 is 1.07 bits per heavy atom. The Labute approximate surface area is 164 Å². The second-order valence-corrected chi connectivity index (χ2v) is 7.05. The number of anilines is 2. The molecular formula is C21H23ClN4O. The van der Waals surface area contributed by atoms with Crippen LogP contribution in [0.15, 0.2) is 54.7 Å². The molecule has 140 valence electrons. The topological polar surface area (TPSA) is 42.3 Å². The summed E-state index contributed by atoms with van der Waals surface area (Å²) in [6, 6.07) is 16.3. The molecule has 0 unspecified atom stereocenters. The first-order valence-electron chi connectivity index (χ1n) is 9.17. The van der Waals surface area contributed by atoms with E-state index in [9.17, 15) is 0 Å². The molecule has 1 aliphatic heterocycles. The van der Waals surface area contributed by atoms with Gasteiger partial charge >= 0.3 is 0 Å². The van der Waals surface area contributed by atoms with Crippen molar-refractivity contribution in [2.75, 3.05) is 36.5 Å². The highest BCUT2D eigenvalue weighted by molar-refractivity contribution is 6.31. The number of aryl methyl sites for hydroxylation is 1. The number of nitrogens with zero attached hydrogens (tertiary/aromatic N) is 3. The molecule has 1 aliphatic rings. The lowest BCUT2D eigenvalue weighted by Gasteiger charge is -2.31. The van der Waals surface area contributed by atoms with Gasteiger partial charge in [0.05, 0.1) is 24.6 Å². The zero-order valence-electron chi connectivity index (χ0n) is 15.4. The Hall–Kier alpha value is -2.50. The molecule has 27 heavy (non-hydrogen) atoms. The van der Waals surface area contributed by atoms with E-state index < -0.39 is 0 Å². The van der Waals surface area contributed by atoms with Gasteiger partial charge in [-0.3, -0.25) is 0 Å². The van der Waals surface area contributed by atoms with Crippen LogP contribution < -0.4 is 10.2 Å². The fraction of sp³-hybridized carbons (Fsp3) is 0.286. The third-order valence-electron chi connectivity index (χ3n) is 4.77. The summed E-state index contributed by atoms with van der Waals surface area (Å²) >= 11 is 6.51. The maximum Gasteiger partial charge on any atom is 0.0647 e. The highest BCUT2D eigenvalue weighted by Gasteiger charge is 2.16. The normalized spacial score (nSPS) is 14.4. The lowest BCUT2D eigenvalue weighted by Crippen LogP contribution is -2.37. The van der Waals surface area contributed by atoms with Gasteiger partial charge in [0.15, 0.2) is 0 Å². The standard InChI is InChI=1S/C21H23ClN4O/c1-16-9-10-26(24-16)18-7-5-17(6-8-18)23-15-19-20(22)3-2-4-21(19)25-11-13-27-14-12-25/h2-10,23H,11-15H2,1H3. The zero-order valence-corrected chi connectivity index (χ0v) is 16.1. The number of ether oxygens (including phenoxy) is 1. The summed E-state index contributed by atoms with van der Waals surface area (Å²) in [5, 5.41) is 8.72. The number of halogens is 1. The van der Waals surface area contributed by atoms with Crippen molar-refractivity contribution < 1.29 is 4.74 Å². The predicted octanol–water partition coefficient (Wildman–Crippen LogP) is 4.28. The Morgan fingerprint density at radius 2 is 1.85 bits per heavy atom. The predicted molar refractivity (Wildman–Crippen MR) is 110 cm³/mol. The molecule has 1 fully saturated rings. The summed E-state index contributed by atoms with van der Waals surface area (Å²) < 4.78 is 7.35. The van der Waals surface area contributed by atoms with Crippen molar-refractivity contribution in [3.63, 3.8) is 0 Å². The summed E-state index contributed by atoms with van der Waals surface area (Å²) in [6.45, 7) is 5.97. The van der Waals surface area contributed by atoms with E-state index in [-0.39, 0.29) is 0 Å². The number of hydrogen-bond acceptors (Lipinski definition) is 4. The van der Waals surface area contributed by atoms with E-state index in [0.717, 1.165) is 54.0 Å². The van der Waals surface area contributed by atoms with Crippen molar-refractivity contribution in [3.8, 4) is 5.69 Å². The molecule has 0 radical (unpaired) electrons. The lowest BCUT2D eigenvalue weighted by atomic mass is 10.1. The van der Waals surface area contributed by atoms with Crippen molar-refractivity contribution in [2.45, 2.75) is 13.5 Å². The van der Waals surface area contributed by atoms with Crippen LogP contribution in [0, 0.1) is 6.92 Å². The molecule has 0 aliphatic carbocycles. The average molecular weight is 383 g/mol. The number of hydrogen-bond donors (Lipinski definition) is 1. The fourth-order valence-electron chi connectivity index (χ4n) is 3.30. The Kier molecular flexibility index (Phi) is 5.32. The molecule has 0 amide bonds. The highest BCUT2D eigenvalue weighted by atomic mass is 35.5. The Morgan fingerprint density at radius 3 is 2.56 bits per heavy atom. The minimum absolute atomic E-state index is 0.673. The average Bonchev–Trinajstić information content (AvgIpc) is 3.14. The second kappa shape index (κ2) is 8.03. The molecule has 5 nitrogen and oxygen atoms in total. The van der Waals surface area contributed by atoms with Gasteiger partial charge in [-0.15, -0.1) is 0 Å². The van der Waals surface area contributed by atoms with Gasteiger partial charge in [-0.2, -0.15) is 5.10 Å². The maximum absolute atomic E-state index is 6.51. The third-order valence-corrected chi connectivity index (χ3v) is 5.12. The SMILES string of the molecule is Cc1ccn(-c2ccc(NCc3c(Cl)cccc3N3CCOCC3)cc2)n1. The van der Waals surface area contributed by atoms with Crippen LogP contribution in [0.3, 0.4) is 0 Å². The molecule has 0 spiro atoms. The van der Waals surface area contributed by atoms with E-state index in [0.29, 0.717) is 6.54 Å². The van der Waals surface area contributed by atoms with Crippen molar-refractivity contribution >= 4 is 23.0 Å². The van der Waals surface area contributed by atoms with Crippen LogP contribution in [0.4, 0.5) is 11.4 Å². The fourth-order valence-corrected chi connectivity index (χ4v) is 3.54. The first kappa shape index (κ1) is 17.9. The van der Waals surface area contributed by atoms with Crippen LogP contribution in [0.2, 0.25) is 5.02 Å². The molecular weight excluding hydrogens is 360 g/mol. The van der Waals surface area contributed by atoms with Gasteiger partial charge in [-0.25, -0.2) is 4.68 Å². The molecule has 0 bridgehead atoms. The molecule has 0 saturated carbocycles. The molecule has 1 saturated heterocycles. The van der Waals surface area contributed by atoms with Gasteiger partial charge in [0, 0.05) is 47.8 Å². The Bertz CT molecular complexity index is 901. The molecule has 2 heterocycles. The number of rotatable bonds is 5. The molecule has 2 aromatic carbocycles. The van der Waals surface area contributed by atoms with E-state index in [1.807, 2.05) is 36.0 Å². The van der Waals surface area contributed by atoms with Crippen molar-refractivity contribution in [2.24, 2.45) is 0 Å². The van der Waals surface area contributed by atoms with Gasteiger partial charge in [-0.1, -0.05) is 17.7 Å². The second-order valence-electron chi connectivity index (χ2n) is 6.64. The van der Waals surface area contributed by atoms with E-state index in [1.165, 1.54) is 5.69 Å². The van der Waals surface area contributed by atoms with Crippen LogP contribution in [-0.2, 0) is 11.3 Å². The lowest BCUT2D eigenvalue weighted by molar-refractivity contribution is 0.122. The van der Waals surface area contributed by atoms with Gasteiger partial charge in [0.25, 0.3) is 0 Å². The minimum atomic E-state index is 0.673. The summed E-state index contributed by atoms with van der Waals surface area (Å²) in [6.07, 6.45) is 1.97. The van der Waals surface area contributed by atoms with Crippen LogP contribution >= 0.6 is 11.6 Å². The molecule has 1 N–H and O–H groups in total. The third kappa shape index (κ3) is 4.10. The van der Waals surface area contributed by atoms with Crippen LogP contribution in [-0.4, -0.2) is 36.1 Å². The van der Waals surface area contributed by atoms with Crippen molar-refractivity contribution in [3.05, 3.63) is 71.0 Å². The summed E-state index contributed by atoms with van der Waals surface area (Å²) in [5.41, 5.74) is 5.40. The quantitative estimate of drug-likeness (QED) is 0.715. The minimum Gasteiger partial charge on any atom is -0.381 e. The summed E-state index contributed by atoms with van der Waals surface area (Å²) in [5.74, 6) is 0. The van der Waals surface area contributed by atoms with Gasteiger partial charge < -0.3 is 15.0 Å². The summed E-state index contributed by atoms with van der Waals surface area (Å²) in [7, 11) is 0. The number of morpholine rings is 1. The molecule has 4 rings (SSSR count). The van der Waals surface area contributed by atoms with Crippen LogP contribution in [0.1, 0.15) is 11.3 Å². The van der Waals surface area contributed by atoms with Gasteiger partial charge in [0.2, 0.25) is 0 Å². The smallest absolute Gasteiger partial charge is 0.0647 e. The molecule has 0 atom stereocenters. The van der Waals surface area contributed by atoms with Crippen LogP contribution in [0.5, 0.6) is 0 Å². The van der Waals surface area contributed by atoms with E-state index in [2.05, 4.69) is 45.6 Å². The highest BCUT2D eigenvalue weighted by Crippen LogP contribution is 2.29. The molecule has 3 aromatic rings. The number of benzene rings is 2. The Balaban J connectivity index is 1.48. The zero-order chi connectivity index (χ0) is 18.6. The molecule has 1 aromatic heterocycles. The largest absolute Gasteiger partial charge is 0.381 e. The molecule has 6 heteroatoms. The first-order valence-corrected chi connectivity index (χ1v) is 9.55. The van der Waals surface area contributed by atoms with E-state index in [1.54, 1.807) is 0 Å². The van der Waals surface area contributed by atoms with Crippen molar-refractivity contribution in [1.29, 1.82) is 0 Å². The van der Waals surface area contributed by atoms with Crippen molar-refractivity contribution in [1.82, 2.24) is 9.78 Å². The van der Waals surface area contributed by atoms with Gasteiger partial charge in [-0.05, 0) is 49.4 Å². The van der Waals surface area contributed by atoms with Crippen LogP contribution in [0.25, 0.3) is 5.69 Å². The number of aromatic nitrogens is 2. The van der Waals surface area contributed by atoms with E-state index >= 15 is 0 Å². The van der Waals surface area contributed by atoms with E-state index in [4.69, 9.17) is 16.3 Å². The monoisotopic (exact) mass is 382 g/mol. The first-order chi connectivity index (χ1) is 13.2. The number of nitrogens with one attached hydrogen (secondary N) is 1. The maximum atomic E-state index is 6.51. The van der Waals surface area contributed by atoms with Gasteiger partial charge in [0.1, 0.15) is 0 Å². The summed E-state index contributed by atoms with van der Waals surface area (Å²) in [4.78, 5) is 2.34.